The molecule has 1 fully saturated rings. The van der Waals surface area contributed by atoms with Crippen molar-refractivity contribution >= 4 is 23.4 Å². The Morgan fingerprint density at radius 1 is 1.40 bits per heavy atom. The lowest BCUT2D eigenvalue weighted by Crippen LogP contribution is -2.39. The summed E-state index contributed by atoms with van der Waals surface area (Å²) in [6.07, 6.45) is 1.86. The first-order chi connectivity index (χ1) is 14.4. The Hall–Kier alpha value is -2.42. The second kappa shape index (κ2) is 10.1. The van der Waals surface area contributed by atoms with E-state index in [1.54, 1.807) is 35.0 Å². The highest BCUT2D eigenvalue weighted by Crippen LogP contribution is 2.19. The monoisotopic (exact) mass is 433 g/mol. The molecule has 1 saturated heterocycles. The van der Waals surface area contributed by atoms with Gasteiger partial charge >= 0.3 is 0 Å². The zero-order valence-electron chi connectivity index (χ0n) is 17.6. The number of aromatic nitrogens is 2. The standard InChI is InChI=1S/C21H28ClN5O3/c1-15-19(13-23-27(15)18-6-4-5-16(22)11-18)21(29)24-17-12-20(28)26(14-17)8-7-25(2)9-10-30-3/h4-6,11,13,17H,7-10,12,14H2,1-3H3,(H,24,29)/t17-/m0/s1. The maximum Gasteiger partial charge on any atom is 0.255 e. The third-order valence-corrected chi connectivity index (χ3v) is 5.52. The first-order valence-corrected chi connectivity index (χ1v) is 10.3. The fourth-order valence-corrected chi connectivity index (χ4v) is 3.68. The summed E-state index contributed by atoms with van der Waals surface area (Å²) < 4.78 is 6.75. The fraction of sp³-hybridized carbons (Fsp3) is 0.476. The second-order valence-electron chi connectivity index (χ2n) is 7.55. The number of amides is 2. The topological polar surface area (TPSA) is 79.7 Å². The first kappa shape index (κ1) is 22.3. The van der Waals surface area contributed by atoms with E-state index in [0.717, 1.165) is 24.5 Å². The van der Waals surface area contributed by atoms with Crippen LogP contribution in [0, 0.1) is 6.92 Å². The third-order valence-electron chi connectivity index (χ3n) is 5.29. The highest BCUT2D eigenvalue weighted by atomic mass is 35.5. The number of ether oxygens (including phenoxy) is 1. The van der Waals surface area contributed by atoms with Gasteiger partial charge < -0.3 is 19.9 Å². The van der Waals surface area contributed by atoms with E-state index >= 15 is 0 Å². The van der Waals surface area contributed by atoms with Crippen molar-refractivity contribution in [3.8, 4) is 5.69 Å². The van der Waals surface area contributed by atoms with Gasteiger partial charge in [-0.3, -0.25) is 9.59 Å². The molecule has 1 aromatic carbocycles. The summed E-state index contributed by atoms with van der Waals surface area (Å²) in [7, 11) is 3.67. The van der Waals surface area contributed by atoms with E-state index in [9.17, 15) is 9.59 Å². The minimum Gasteiger partial charge on any atom is -0.383 e. The van der Waals surface area contributed by atoms with Gasteiger partial charge in [-0.05, 0) is 32.2 Å². The van der Waals surface area contributed by atoms with Gasteiger partial charge in [0.15, 0.2) is 0 Å². The van der Waals surface area contributed by atoms with Crippen molar-refractivity contribution in [3.63, 3.8) is 0 Å². The van der Waals surface area contributed by atoms with Crippen molar-refractivity contribution < 1.29 is 14.3 Å². The van der Waals surface area contributed by atoms with Gasteiger partial charge in [0.25, 0.3) is 5.91 Å². The van der Waals surface area contributed by atoms with Crippen molar-refractivity contribution in [2.45, 2.75) is 19.4 Å². The average Bonchev–Trinajstić information content (AvgIpc) is 3.26. The molecule has 0 aliphatic carbocycles. The molecule has 2 amide bonds. The molecule has 1 aliphatic heterocycles. The highest BCUT2D eigenvalue weighted by molar-refractivity contribution is 6.30. The predicted molar refractivity (Wildman–Crippen MR) is 115 cm³/mol. The van der Waals surface area contributed by atoms with Crippen molar-refractivity contribution in [2.24, 2.45) is 0 Å². The molecular weight excluding hydrogens is 406 g/mol. The molecule has 0 bridgehead atoms. The highest BCUT2D eigenvalue weighted by Gasteiger charge is 2.31. The molecule has 162 valence electrons. The number of benzene rings is 1. The van der Waals surface area contributed by atoms with Crippen molar-refractivity contribution in [2.75, 3.05) is 46.9 Å². The Bertz CT molecular complexity index is 901. The van der Waals surface area contributed by atoms with E-state index in [1.165, 1.54) is 0 Å². The number of methoxy groups -OCH3 is 1. The molecule has 2 heterocycles. The second-order valence-corrected chi connectivity index (χ2v) is 7.98. The third kappa shape index (κ3) is 5.38. The normalized spacial score (nSPS) is 16.5. The maximum absolute atomic E-state index is 12.8. The SMILES string of the molecule is COCCN(C)CCN1C[C@@H](NC(=O)c2cnn(-c3cccc(Cl)c3)c2C)CC1=O. The van der Waals surface area contributed by atoms with Crippen LogP contribution in [-0.2, 0) is 9.53 Å². The van der Waals surface area contributed by atoms with Crippen LogP contribution in [0.5, 0.6) is 0 Å². The lowest BCUT2D eigenvalue weighted by molar-refractivity contribution is -0.127. The summed E-state index contributed by atoms with van der Waals surface area (Å²) in [5.41, 5.74) is 2.00. The molecule has 0 spiro atoms. The zero-order chi connectivity index (χ0) is 21.7. The number of hydrogen-bond donors (Lipinski definition) is 1. The van der Waals surface area contributed by atoms with Crippen molar-refractivity contribution in [1.82, 2.24) is 24.9 Å². The van der Waals surface area contributed by atoms with Crippen molar-refractivity contribution in [1.29, 1.82) is 0 Å². The molecule has 30 heavy (non-hydrogen) atoms. The smallest absolute Gasteiger partial charge is 0.255 e. The number of nitrogens with zero attached hydrogens (tertiary/aromatic N) is 4. The Balaban J connectivity index is 1.57. The molecule has 1 aliphatic rings. The number of likely N-dealkylation sites (tertiary alicyclic amines) is 1. The van der Waals surface area contributed by atoms with E-state index in [4.69, 9.17) is 16.3 Å². The van der Waals surface area contributed by atoms with Crippen LogP contribution in [0.3, 0.4) is 0 Å². The lowest BCUT2D eigenvalue weighted by Gasteiger charge is -2.22. The van der Waals surface area contributed by atoms with E-state index in [-0.39, 0.29) is 17.9 Å². The summed E-state index contributed by atoms with van der Waals surface area (Å²) in [4.78, 5) is 29.0. The van der Waals surface area contributed by atoms with Gasteiger partial charge in [-0.2, -0.15) is 5.10 Å². The average molecular weight is 434 g/mol. The van der Waals surface area contributed by atoms with Crippen LogP contribution in [0.1, 0.15) is 22.5 Å². The molecular formula is C21H28ClN5O3. The Labute approximate surface area is 181 Å². The minimum absolute atomic E-state index is 0.0618. The van der Waals surface area contributed by atoms with Crippen LogP contribution >= 0.6 is 11.6 Å². The summed E-state index contributed by atoms with van der Waals surface area (Å²) in [5.74, 6) is -0.163. The van der Waals surface area contributed by atoms with E-state index in [2.05, 4.69) is 15.3 Å². The number of rotatable bonds is 9. The van der Waals surface area contributed by atoms with Crippen LogP contribution < -0.4 is 5.32 Å². The van der Waals surface area contributed by atoms with E-state index in [0.29, 0.717) is 36.7 Å². The number of carbonyl (C=O) groups is 2. The van der Waals surface area contributed by atoms with Gasteiger partial charge in [-0.15, -0.1) is 0 Å². The number of hydrogen-bond acceptors (Lipinski definition) is 5. The Morgan fingerprint density at radius 3 is 2.93 bits per heavy atom. The molecule has 1 atom stereocenters. The fourth-order valence-electron chi connectivity index (χ4n) is 3.50. The molecule has 2 aromatic rings. The van der Waals surface area contributed by atoms with Gasteiger partial charge in [0.2, 0.25) is 5.91 Å². The van der Waals surface area contributed by atoms with Gasteiger partial charge in [0, 0.05) is 44.7 Å². The quantitative estimate of drug-likeness (QED) is 0.651. The largest absolute Gasteiger partial charge is 0.383 e. The molecule has 1 N–H and O–H groups in total. The van der Waals surface area contributed by atoms with Crippen LogP contribution in [-0.4, -0.2) is 84.4 Å². The molecule has 3 rings (SSSR count). The minimum atomic E-state index is -0.224. The number of carbonyl (C=O) groups excluding carboxylic acids is 2. The van der Waals surface area contributed by atoms with Crippen LogP contribution in [0.2, 0.25) is 5.02 Å². The summed E-state index contributed by atoms with van der Waals surface area (Å²) in [5, 5.41) is 7.91. The number of nitrogens with one attached hydrogen (secondary N) is 1. The molecule has 0 unspecified atom stereocenters. The van der Waals surface area contributed by atoms with Crippen molar-refractivity contribution in [3.05, 3.63) is 46.7 Å². The van der Waals surface area contributed by atoms with Gasteiger partial charge in [0.05, 0.1) is 35.8 Å². The van der Waals surface area contributed by atoms with Crippen LogP contribution in [0.4, 0.5) is 0 Å². The maximum atomic E-state index is 12.8. The first-order valence-electron chi connectivity index (χ1n) is 9.95. The Morgan fingerprint density at radius 2 is 2.20 bits per heavy atom. The summed E-state index contributed by atoms with van der Waals surface area (Å²) >= 11 is 6.06. The van der Waals surface area contributed by atoms with Gasteiger partial charge in [-0.1, -0.05) is 17.7 Å². The molecule has 9 heteroatoms. The molecule has 0 saturated carbocycles. The predicted octanol–water partition coefficient (Wildman–Crippen LogP) is 1.74. The number of halogens is 1. The summed E-state index contributed by atoms with van der Waals surface area (Å²) in [6, 6.07) is 7.09. The number of likely N-dealkylation sites (N-methyl/N-ethyl adjacent to an activating group) is 1. The molecule has 0 radical (unpaired) electrons. The van der Waals surface area contributed by atoms with E-state index < -0.39 is 0 Å². The Kier molecular flexibility index (Phi) is 7.47. The molecule has 8 nitrogen and oxygen atoms in total. The van der Waals surface area contributed by atoms with Gasteiger partial charge in [0.1, 0.15) is 0 Å². The summed E-state index contributed by atoms with van der Waals surface area (Å²) in [6.45, 7) is 5.23. The van der Waals surface area contributed by atoms with Crippen LogP contribution in [0.25, 0.3) is 5.69 Å². The van der Waals surface area contributed by atoms with E-state index in [1.807, 2.05) is 26.1 Å². The molecule has 1 aromatic heterocycles. The lowest BCUT2D eigenvalue weighted by atomic mass is 10.2. The van der Waals surface area contributed by atoms with Crippen LogP contribution in [0.15, 0.2) is 30.5 Å². The van der Waals surface area contributed by atoms with Gasteiger partial charge in [-0.25, -0.2) is 4.68 Å². The zero-order valence-corrected chi connectivity index (χ0v) is 18.4.